The van der Waals surface area contributed by atoms with Gasteiger partial charge in [-0.1, -0.05) is 206 Å². The Morgan fingerprint density at radius 1 is 0.190 bits per heavy atom. The van der Waals surface area contributed by atoms with Crippen LogP contribution in [-0.4, -0.2) is 0 Å². The van der Waals surface area contributed by atoms with Crippen molar-refractivity contribution in [1.29, 1.82) is 0 Å². The van der Waals surface area contributed by atoms with Crippen LogP contribution in [0.2, 0.25) is 0 Å². The van der Waals surface area contributed by atoms with E-state index in [2.05, 4.69) is 218 Å². The Bertz CT molecular complexity index is 3350. The summed E-state index contributed by atoms with van der Waals surface area (Å²) >= 11 is 0. The van der Waals surface area contributed by atoms with Crippen LogP contribution < -0.4 is 0 Å². The molecule has 0 amide bonds. The van der Waals surface area contributed by atoms with Gasteiger partial charge in [0.1, 0.15) is 0 Å². The Labute approximate surface area is 337 Å². The van der Waals surface area contributed by atoms with Crippen molar-refractivity contribution in [2.24, 2.45) is 0 Å². The second-order valence-electron chi connectivity index (χ2n) is 15.5. The minimum absolute atomic E-state index is 1.22. The first-order valence-corrected chi connectivity index (χ1v) is 20.2. The third-order valence-electron chi connectivity index (χ3n) is 12.4. The van der Waals surface area contributed by atoms with E-state index in [0.29, 0.717) is 0 Å². The summed E-state index contributed by atoms with van der Waals surface area (Å²) < 4.78 is 0. The fourth-order valence-corrected chi connectivity index (χ4v) is 9.98. The van der Waals surface area contributed by atoms with Crippen molar-refractivity contribution >= 4 is 43.1 Å². The Balaban J connectivity index is 1.20. The molecule has 0 atom stereocenters. The molecule has 0 aliphatic heterocycles. The van der Waals surface area contributed by atoms with Crippen LogP contribution in [0.4, 0.5) is 0 Å². The van der Waals surface area contributed by atoms with E-state index in [1.165, 1.54) is 121 Å². The van der Waals surface area contributed by atoms with Gasteiger partial charge in [0.25, 0.3) is 0 Å². The average molecular weight is 733 g/mol. The van der Waals surface area contributed by atoms with Gasteiger partial charge in [-0.25, -0.2) is 0 Å². The second-order valence-corrected chi connectivity index (χ2v) is 15.5. The summed E-state index contributed by atoms with van der Waals surface area (Å²) in [6.07, 6.45) is 0. The molecule has 58 heavy (non-hydrogen) atoms. The molecule has 12 rings (SSSR count). The van der Waals surface area contributed by atoms with Gasteiger partial charge in [0.05, 0.1) is 0 Å². The lowest BCUT2D eigenvalue weighted by molar-refractivity contribution is 1.61. The first-order valence-electron chi connectivity index (χ1n) is 20.2. The SMILES string of the molecule is c1ccc(-c2cccc(-c3c4ccccc4c(-c4ccc5c(-c6ccccc6)c6c(c(-c7ccccc7)c5c4)-c4cccc5cccc-6c45)c4ccccc34)c2)cc1. The van der Waals surface area contributed by atoms with Gasteiger partial charge in [-0.05, 0) is 133 Å². The zero-order chi connectivity index (χ0) is 38.2. The van der Waals surface area contributed by atoms with Crippen molar-refractivity contribution in [2.75, 3.05) is 0 Å². The van der Waals surface area contributed by atoms with Crippen LogP contribution >= 0.6 is 0 Å². The predicted octanol–water partition coefficient (Wildman–Crippen LogP) is 16.3. The van der Waals surface area contributed by atoms with Gasteiger partial charge in [-0.3, -0.25) is 0 Å². The van der Waals surface area contributed by atoms with E-state index in [4.69, 9.17) is 0 Å². The highest BCUT2D eigenvalue weighted by Gasteiger charge is 2.31. The monoisotopic (exact) mass is 732 g/mol. The van der Waals surface area contributed by atoms with Crippen LogP contribution in [0.3, 0.4) is 0 Å². The van der Waals surface area contributed by atoms with E-state index in [1.54, 1.807) is 0 Å². The number of rotatable bonds is 5. The molecule has 0 fully saturated rings. The maximum absolute atomic E-state index is 2.50. The third kappa shape index (κ3) is 4.89. The van der Waals surface area contributed by atoms with Crippen molar-refractivity contribution in [3.05, 3.63) is 218 Å². The van der Waals surface area contributed by atoms with Crippen LogP contribution in [0, 0.1) is 0 Å². The van der Waals surface area contributed by atoms with Crippen molar-refractivity contribution < 1.29 is 0 Å². The highest BCUT2D eigenvalue weighted by Crippen LogP contribution is 2.58. The summed E-state index contributed by atoms with van der Waals surface area (Å²) in [5, 5.41) is 10.2. The number of benzene rings is 11. The summed E-state index contributed by atoms with van der Waals surface area (Å²) in [5.41, 5.74) is 17.7. The lowest BCUT2D eigenvalue weighted by atomic mass is 9.80. The van der Waals surface area contributed by atoms with E-state index < -0.39 is 0 Å². The fourth-order valence-electron chi connectivity index (χ4n) is 9.98. The third-order valence-corrected chi connectivity index (χ3v) is 12.4. The maximum atomic E-state index is 2.50. The van der Waals surface area contributed by atoms with Gasteiger partial charge in [-0.15, -0.1) is 0 Å². The van der Waals surface area contributed by atoms with E-state index in [0.717, 1.165) is 0 Å². The number of hydrogen-bond donors (Lipinski definition) is 0. The Kier molecular flexibility index (Phi) is 7.33. The molecular weight excluding hydrogens is 697 g/mol. The Morgan fingerprint density at radius 2 is 0.586 bits per heavy atom. The van der Waals surface area contributed by atoms with Crippen molar-refractivity contribution in [3.8, 4) is 77.9 Å². The summed E-state index contributed by atoms with van der Waals surface area (Å²) in [6, 6.07) is 80.8. The highest BCUT2D eigenvalue weighted by molar-refractivity contribution is 6.28. The van der Waals surface area contributed by atoms with Crippen molar-refractivity contribution in [1.82, 2.24) is 0 Å². The molecular formula is C58H36. The molecule has 0 heterocycles. The van der Waals surface area contributed by atoms with E-state index in [1.807, 2.05) is 0 Å². The van der Waals surface area contributed by atoms with Gasteiger partial charge in [-0.2, -0.15) is 0 Å². The minimum atomic E-state index is 1.22. The van der Waals surface area contributed by atoms with Gasteiger partial charge >= 0.3 is 0 Å². The molecule has 0 N–H and O–H groups in total. The summed E-state index contributed by atoms with van der Waals surface area (Å²) in [7, 11) is 0. The molecule has 11 aromatic carbocycles. The van der Waals surface area contributed by atoms with Crippen LogP contribution in [0.15, 0.2) is 218 Å². The highest BCUT2D eigenvalue weighted by atomic mass is 14.3. The fraction of sp³-hybridized carbons (Fsp3) is 0. The molecule has 0 heteroatoms. The molecule has 0 aromatic heterocycles. The maximum Gasteiger partial charge on any atom is -0.000741 e. The average Bonchev–Trinajstić information content (AvgIpc) is 3.63. The zero-order valence-electron chi connectivity index (χ0n) is 31.8. The normalized spacial score (nSPS) is 11.8. The summed E-state index contributed by atoms with van der Waals surface area (Å²) in [5.74, 6) is 0. The van der Waals surface area contributed by atoms with Crippen molar-refractivity contribution in [2.45, 2.75) is 0 Å². The zero-order valence-corrected chi connectivity index (χ0v) is 31.8. The van der Waals surface area contributed by atoms with Crippen LogP contribution in [0.1, 0.15) is 0 Å². The molecule has 0 saturated heterocycles. The van der Waals surface area contributed by atoms with E-state index in [9.17, 15) is 0 Å². The van der Waals surface area contributed by atoms with E-state index in [-0.39, 0.29) is 0 Å². The molecule has 0 bridgehead atoms. The molecule has 0 spiro atoms. The number of hydrogen-bond acceptors (Lipinski definition) is 0. The molecule has 0 radical (unpaired) electrons. The van der Waals surface area contributed by atoms with Gasteiger partial charge in [0.15, 0.2) is 0 Å². The molecule has 268 valence electrons. The summed E-state index contributed by atoms with van der Waals surface area (Å²) in [4.78, 5) is 0. The summed E-state index contributed by atoms with van der Waals surface area (Å²) in [6.45, 7) is 0. The minimum Gasteiger partial charge on any atom is -0.0622 e. The van der Waals surface area contributed by atoms with Crippen LogP contribution in [0.5, 0.6) is 0 Å². The first-order chi connectivity index (χ1) is 28.8. The molecule has 1 aliphatic rings. The molecule has 1 aliphatic carbocycles. The standard InChI is InChI=1S/C58H36/c1-4-17-37(18-5-1)41-25-14-26-42(35-41)53-44-27-10-12-29-46(44)54(47-30-13-11-28-45(47)53)43-33-34-48-51(36-43)56(40-21-8-3-9-22-40)58-50-32-16-24-38-23-15-31-49(52(38)50)57(58)55(48)39-19-6-2-7-20-39/h1-36H. The lowest BCUT2D eigenvalue weighted by Gasteiger charge is -2.22. The lowest BCUT2D eigenvalue weighted by Crippen LogP contribution is -1.95. The molecule has 0 nitrogen and oxygen atoms in total. The Morgan fingerprint density at radius 3 is 1.12 bits per heavy atom. The van der Waals surface area contributed by atoms with Gasteiger partial charge in [0.2, 0.25) is 0 Å². The molecule has 0 saturated carbocycles. The first kappa shape index (κ1) is 32.7. The smallest absolute Gasteiger partial charge is 0.000741 e. The molecule has 0 unspecified atom stereocenters. The van der Waals surface area contributed by atoms with Gasteiger partial charge < -0.3 is 0 Å². The van der Waals surface area contributed by atoms with Crippen molar-refractivity contribution in [3.63, 3.8) is 0 Å². The topological polar surface area (TPSA) is 0 Å². The number of fused-ring (bicyclic) bond motifs is 6. The molecule has 11 aromatic rings. The quantitative estimate of drug-likeness (QED) is 0.155. The predicted molar refractivity (Wildman–Crippen MR) is 248 cm³/mol. The Hall–Kier alpha value is -7.54. The van der Waals surface area contributed by atoms with Crippen LogP contribution in [0.25, 0.3) is 121 Å². The van der Waals surface area contributed by atoms with Gasteiger partial charge in [0, 0.05) is 0 Å². The van der Waals surface area contributed by atoms with E-state index >= 15 is 0 Å². The van der Waals surface area contributed by atoms with Crippen LogP contribution in [-0.2, 0) is 0 Å². The second kappa shape index (κ2) is 13.0. The largest absolute Gasteiger partial charge is 0.0622 e.